The highest BCUT2D eigenvalue weighted by Gasteiger charge is 2.21. The highest BCUT2D eigenvalue weighted by Crippen LogP contribution is 2.38. The van der Waals surface area contributed by atoms with E-state index < -0.39 is 32.5 Å². The first-order valence-electron chi connectivity index (χ1n) is 24.4. The van der Waals surface area contributed by atoms with E-state index in [1.165, 1.54) is 161 Å². The molecule has 0 aliphatic heterocycles. The summed E-state index contributed by atoms with van der Waals surface area (Å²) in [6, 6.07) is 0. The molecule has 0 rings (SSSR count). The van der Waals surface area contributed by atoms with Crippen LogP contribution in [-0.2, 0) is 32.7 Å². The van der Waals surface area contributed by atoms with Crippen LogP contribution in [0.5, 0.6) is 0 Å². The quantitative estimate of drug-likeness (QED) is 0.0196. The Kier molecular flexibility index (Phi) is 40.2. The molecule has 0 saturated heterocycles. The van der Waals surface area contributed by atoms with E-state index in [9.17, 15) is 19.0 Å². The lowest BCUT2D eigenvalue weighted by Gasteiger charge is -2.28. The third-order valence-corrected chi connectivity index (χ3v) is 11.7. The second kappa shape index (κ2) is 41.1. The Labute approximate surface area is 358 Å². The molecule has 0 aromatic heterocycles. The maximum absolute atomic E-state index is 12.6. The zero-order valence-electron chi connectivity index (χ0n) is 38.8. The van der Waals surface area contributed by atoms with Gasteiger partial charge in [-0.2, -0.15) is 0 Å². The Morgan fingerprint density at radius 2 is 0.897 bits per heavy atom. The minimum Gasteiger partial charge on any atom is -0.756 e. The maximum atomic E-state index is 12.6. The SMILES string of the molecule is CCCCCCCCCCCCCCCCCCCC/C=C/CCCC(=O)OC[C@@H](COP(=O)([O-])OCC[N+](C)(C)C)OC(=O)CCCCCCCCCCCCC. The van der Waals surface area contributed by atoms with Crippen LogP contribution in [0, 0.1) is 0 Å². The molecule has 0 saturated carbocycles. The minimum absolute atomic E-state index is 0.0312. The third-order valence-electron chi connectivity index (χ3n) is 10.8. The molecule has 0 bridgehead atoms. The molecule has 0 aromatic rings. The molecule has 10 heteroatoms. The van der Waals surface area contributed by atoms with E-state index in [1.54, 1.807) is 0 Å². The summed E-state index contributed by atoms with van der Waals surface area (Å²) in [6.45, 7) is 4.22. The molecule has 9 nitrogen and oxygen atoms in total. The van der Waals surface area contributed by atoms with Crippen molar-refractivity contribution in [3.05, 3.63) is 12.2 Å². The van der Waals surface area contributed by atoms with Crippen molar-refractivity contribution < 1.29 is 42.1 Å². The fourth-order valence-electron chi connectivity index (χ4n) is 6.95. The van der Waals surface area contributed by atoms with Gasteiger partial charge in [-0.1, -0.05) is 199 Å². The van der Waals surface area contributed by atoms with Crippen LogP contribution < -0.4 is 4.89 Å². The van der Waals surface area contributed by atoms with E-state index in [0.29, 0.717) is 23.9 Å². The lowest BCUT2D eigenvalue weighted by molar-refractivity contribution is -0.870. The highest BCUT2D eigenvalue weighted by atomic mass is 31.2. The number of hydrogen-bond acceptors (Lipinski definition) is 8. The van der Waals surface area contributed by atoms with Crippen LogP contribution in [0.3, 0.4) is 0 Å². The van der Waals surface area contributed by atoms with Crippen LogP contribution in [-0.4, -0.2) is 70.0 Å². The Balaban J connectivity index is 4.18. The Hall–Kier alpha value is -1.25. The van der Waals surface area contributed by atoms with E-state index in [2.05, 4.69) is 26.0 Å². The Bertz CT molecular complexity index is 1000. The van der Waals surface area contributed by atoms with Crippen LogP contribution in [0.4, 0.5) is 0 Å². The number of phosphoric ester groups is 1. The van der Waals surface area contributed by atoms with Crippen LogP contribution in [0.1, 0.15) is 232 Å². The number of rotatable bonds is 45. The molecule has 0 amide bonds. The number of phosphoric acid groups is 1. The number of esters is 2. The van der Waals surface area contributed by atoms with E-state index in [1.807, 2.05) is 21.1 Å². The average molecular weight is 844 g/mol. The number of likely N-dealkylation sites (N-methyl/N-ethyl adjacent to an activating group) is 1. The van der Waals surface area contributed by atoms with Crippen molar-refractivity contribution >= 4 is 19.8 Å². The minimum atomic E-state index is -4.62. The van der Waals surface area contributed by atoms with E-state index in [0.717, 1.165) is 32.1 Å². The van der Waals surface area contributed by atoms with E-state index in [-0.39, 0.29) is 26.1 Å². The normalized spacial score (nSPS) is 13.6. The first-order chi connectivity index (χ1) is 28.0. The van der Waals surface area contributed by atoms with E-state index >= 15 is 0 Å². The van der Waals surface area contributed by atoms with Gasteiger partial charge in [0.25, 0.3) is 7.82 Å². The van der Waals surface area contributed by atoms with Gasteiger partial charge in [-0.25, -0.2) is 0 Å². The first-order valence-corrected chi connectivity index (χ1v) is 25.9. The topological polar surface area (TPSA) is 111 Å². The summed E-state index contributed by atoms with van der Waals surface area (Å²) in [7, 11) is 1.16. The van der Waals surface area contributed by atoms with Gasteiger partial charge in [0.15, 0.2) is 6.10 Å². The molecule has 0 aliphatic carbocycles. The largest absolute Gasteiger partial charge is 0.756 e. The van der Waals surface area contributed by atoms with Crippen molar-refractivity contribution in [3.63, 3.8) is 0 Å². The van der Waals surface area contributed by atoms with Crippen molar-refractivity contribution in [2.75, 3.05) is 47.5 Å². The third kappa shape index (κ3) is 44.3. The monoisotopic (exact) mass is 844 g/mol. The molecule has 344 valence electrons. The van der Waals surface area contributed by atoms with Gasteiger partial charge in [0, 0.05) is 12.8 Å². The first kappa shape index (κ1) is 56.8. The van der Waals surface area contributed by atoms with E-state index in [4.69, 9.17) is 18.5 Å². The zero-order valence-corrected chi connectivity index (χ0v) is 39.7. The van der Waals surface area contributed by atoms with Crippen LogP contribution in [0.15, 0.2) is 12.2 Å². The number of carbonyl (C=O) groups excluding carboxylic acids is 2. The fourth-order valence-corrected chi connectivity index (χ4v) is 7.68. The second-order valence-corrected chi connectivity index (χ2v) is 19.2. The van der Waals surface area contributed by atoms with Crippen LogP contribution >= 0.6 is 7.82 Å². The van der Waals surface area contributed by atoms with Gasteiger partial charge < -0.3 is 27.9 Å². The van der Waals surface area contributed by atoms with Gasteiger partial charge >= 0.3 is 11.9 Å². The molecule has 1 unspecified atom stereocenters. The van der Waals surface area contributed by atoms with Crippen molar-refractivity contribution in [1.29, 1.82) is 0 Å². The number of carbonyl (C=O) groups is 2. The van der Waals surface area contributed by atoms with Gasteiger partial charge in [-0.05, 0) is 32.1 Å². The Morgan fingerprint density at radius 3 is 1.33 bits per heavy atom. The lowest BCUT2D eigenvalue weighted by atomic mass is 10.0. The summed E-state index contributed by atoms with van der Waals surface area (Å²) in [5.41, 5.74) is 0. The van der Waals surface area contributed by atoms with Crippen molar-refractivity contribution in [3.8, 4) is 0 Å². The molecular weight excluding hydrogens is 750 g/mol. The summed E-state index contributed by atoms with van der Waals surface area (Å²) < 4.78 is 33.9. The Morgan fingerprint density at radius 1 is 0.517 bits per heavy atom. The maximum Gasteiger partial charge on any atom is 0.306 e. The molecule has 0 aromatic carbocycles. The molecule has 58 heavy (non-hydrogen) atoms. The molecular formula is C48H94NO8P. The fraction of sp³-hybridized carbons (Fsp3) is 0.917. The number of ether oxygens (including phenoxy) is 2. The van der Waals surface area contributed by atoms with Gasteiger partial charge in [-0.15, -0.1) is 0 Å². The predicted molar refractivity (Wildman–Crippen MR) is 241 cm³/mol. The van der Waals surface area contributed by atoms with Crippen LogP contribution in [0.25, 0.3) is 0 Å². The van der Waals surface area contributed by atoms with Crippen molar-refractivity contribution in [1.82, 2.24) is 0 Å². The highest BCUT2D eigenvalue weighted by molar-refractivity contribution is 7.45. The summed E-state index contributed by atoms with van der Waals surface area (Å²) >= 11 is 0. The molecule has 0 radical (unpaired) electrons. The second-order valence-electron chi connectivity index (χ2n) is 17.8. The summed E-state index contributed by atoms with van der Waals surface area (Å²) in [4.78, 5) is 37.5. The predicted octanol–water partition coefficient (Wildman–Crippen LogP) is 13.5. The molecule has 2 atom stereocenters. The zero-order chi connectivity index (χ0) is 42.8. The van der Waals surface area contributed by atoms with Gasteiger partial charge in [-0.3, -0.25) is 14.2 Å². The van der Waals surface area contributed by atoms with Gasteiger partial charge in [0.05, 0.1) is 27.7 Å². The number of unbranched alkanes of at least 4 members (excludes halogenated alkanes) is 29. The smallest absolute Gasteiger partial charge is 0.306 e. The summed E-state index contributed by atoms with van der Waals surface area (Å²) in [5.74, 6) is -0.861. The van der Waals surface area contributed by atoms with Gasteiger partial charge in [0.2, 0.25) is 0 Å². The number of hydrogen-bond donors (Lipinski definition) is 0. The number of nitrogens with zero attached hydrogens (tertiary/aromatic N) is 1. The average Bonchev–Trinajstić information content (AvgIpc) is 3.17. The molecule has 0 spiro atoms. The standard InChI is InChI=1S/C48H94NO8P/c1-6-8-10-12-14-16-18-19-20-21-22-23-24-25-26-27-28-29-31-32-34-36-38-40-47(50)54-44-46(45-56-58(52,53)55-43-42-49(3,4)5)57-48(51)41-39-37-35-33-30-17-15-13-11-9-7-2/h32,34,46H,6-31,33,35-45H2,1-5H3/b34-32+/t46-/m0/s1. The van der Waals surface area contributed by atoms with Crippen molar-refractivity contribution in [2.24, 2.45) is 0 Å². The molecule has 0 aliphatic rings. The van der Waals surface area contributed by atoms with Crippen molar-refractivity contribution in [2.45, 2.75) is 238 Å². The molecule has 0 heterocycles. The summed E-state index contributed by atoms with van der Waals surface area (Å²) in [6.07, 6.45) is 44.0. The molecule has 0 fully saturated rings. The molecule has 0 N–H and O–H groups in total. The van der Waals surface area contributed by atoms with Crippen LogP contribution in [0.2, 0.25) is 0 Å². The number of quaternary nitrogens is 1. The number of allylic oxidation sites excluding steroid dienone is 2. The summed E-state index contributed by atoms with van der Waals surface area (Å²) in [5, 5.41) is 0. The lowest BCUT2D eigenvalue weighted by Crippen LogP contribution is -2.37. The van der Waals surface area contributed by atoms with Gasteiger partial charge in [0.1, 0.15) is 19.8 Å².